The molecule has 4 rings (SSSR count). The zero-order valence-corrected chi connectivity index (χ0v) is 13.9. The second kappa shape index (κ2) is 6.17. The van der Waals surface area contributed by atoms with E-state index in [-0.39, 0.29) is 25.1 Å². The molecule has 2 aromatic carbocycles. The molecular formula is C19H18F2N4O. The van der Waals surface area contributed by atoms with E-state index >= 15 is 0 Å². The van der Waals surface area contributed by atoms with Crippen LogP contribution >= 0.6 is 0 Å². The number of primary amides is 1. The standard InChI is InChI=1S/C19H18F2N4O/c20-19(21)8-9-23-10-16(19)12-4-6-14(7-5-12)25-11-13-2-1-3-15(18(22)26)17(13)24-25/h1-7,11,16,23H,8-10H2,(H2,22,26)/i16D. The Balaban J connectivity index is 1.72. The van der Waals surface area contributed by atoms with Crippen molar-refractivity contribution in [2.24, 2.45) is 5.73 Å². The van der Waals surface area contributed by atoms with Crippen molar-refractivity contribution in [2.75, 3.05) is 13.1 Å². The SMILES string of the molecule is [2H]C1(c2ccc(-n3cc4cccc(C(N)=O)c4n3)cc2)CNCCC1(F)F. The van der Waals surface area contributed by atoms with E-state index in [9.17, 15) is 13.6 Å². The number of halogens is 2. The lowest BCUT2D eigenvalue weighted by Gasteiger charge is -2.32. The van der Waals surface area contributed by atoms with Crippen molar-refractivity contribution in [3.63, 3.8) is 0 Å². The zero-order valence-electron chi connectivity index (χ0n) is 14.9. The number of carbonyl (C=O) groups excluding carboxylic acids is 1. The van der Waals surface area contributed by atoms with E-state index in [1.54, 1.807) is 35.1 Å². The number of rotatable bonds is 3. The number of piperidine rings is 1. The summed E-state index contributed by atoms with van der Waals surface area (Å²) < 4.78 is 38.5. The van der Waals surface area contributed by atoms with E-state index in [0.717, 1.165) is 5.39 Å². The van der Waals surface area contributed by atoms with Crippen molar-refractivity contribution < 1.29 is 14.9 Å². The molecule has 0 aliphatic carbocycles. The molecule has 0 radical (unpaired) electrons. The molecule has 5 nitrogen and oxygen atoms in total. The van der Waals surface area contributed by atoms with Crippen LogP contribution in [0.3, 0.4) is 0 Å². The van der Waals surface area contributed by atoms with Crippen LogP contribution in [-0.4, -0.2) is 34.7 Å². The van der Waals surface area contributed by atoms with Gasteiger partial charge in [-0.3, -0.25) is 4.79 Å². The van der Waals surface area contributed by atoms with Gasteiger partial charge in [-0.25, -0.2) is 13.5 Å². The summed E-state index contributed by atoms with van der Waals surface area (Å²) in [7, 11) is 0. The van der Waals surface area contributed by atoms with Gasteiger partial charge >= 0.3 is 0 Å². The number of fused-ring (bicyclic) bond motifs is 1. The summed E-state index contributed by atoms with van der Waals surface area (Å²) in [5.74, 6) is -5.67. The Hall–Kier alpha value is -2.80. The predicted octanol–water partition coefficient (Wildman–Crippen LogP) is 2.84. The van der Waals surface area contributed by atoms with E-state index in [1.807, 2.05) is 6.07 Å². The van der Waals surface area contributed by atoms with E-state index in [0.29, 0.717) is 16.8 Å². The van der Waals surface area contributed by atoms with Crippen molar-refractivity contribution >= 4 is 16.8 Å². The number of amides is 1. The lowest BCUT2D eigenvalue weighted by molar-refractivity contribution is -0.0479. The van der Waals surface area contributed by atoms with Crippen LogP contribution in [0.4, 0.5) is 8.78 Å². The van der Waals surface area contributed by atoms with Gasteiger partial charge in [0.1, 0.15) is 5.52 Å². The summed E-state index contributed by atoms with van der Waals surface area (Å²) in [6.07, 6.45) is 1.38. The Morgan fingerprint density at radius 3 is 2.77 bits per heavy atom. The van der Waals surface area contributed by atoms with Crippen LogP contribution in [0.15, 0.2) is 48.7 Å². The number of aromatic nitrogens is 2. The van der Waals surface area contributed by atoms with Gasteiger partial charge in [0.05, 0.1) is 17.1 Å². The largest absolute Gasteiger partial charge is 0.366 e. The number of hydrogen-bond donors (Lipinski definition) is 2. The van der Waals surface area contributed by atoms with E-state index < -0.39 is 17.7 Å². The third-order valence-electron chi connectivity index (χ3n) is 4.64. The quantitative estimate of drug-likeness (QED) is 0.757. The highest BCUT2D eigenvalue weighted by atomic mass is 19.3. The van der Waals surface area contributed by atoms with Gasteiger partial charge in [-0.15, -0.1) is 0 Å². The molecule has 0 saturated carbocycles. The third kappa shape index (κ3) is 2.84. The minimum absolute atomic E-state index is 0.104. The molecule has 0 spiro atoms. The maximum atomic E-state index is 14.3. The molecule has 1 amide bonds. The Bertz CT molecular complexity index is 1020. The minimum Gasteiger partial charge on any atom is -0.366 e. The van der Waals surface area contributed by atoms with E-state index in [1.165, 1.54) is 12.1 Å². The van der Waals surface area contributed by atoms with Crippen LogP contribution in [0.25, 0.3) is 16.6 Å². The van der Waals surface area contributed by atoms with Crippen LogP contribution in [0.1, 0.15) is 29.6 Å². The fourth-order valence-electron chi connectivity index (χ4n) is 3.24. The summed E-state index contributed by atoms with van der Waals surface area (Å²) in [5, 5.41) is 8.03. The molecule has 1 fully saturated rings. The Morgan fingerprint density at radius 1 is 1.31 bits per heavy atom. The normalized spacial score (nSPS) is 22.9. The van der Waals surface area contributed by atoms with Crippen LogP contribution in [0, 0.1) is 0 Å². The van der Waals surface area contributed by atoms with E-state index in [4.69, 9.17) is 7.10 Å². The first kappa shape index (κ1) is 15.5. The number of carbonyl (C=O) groups is 1. The van der Waals surface area contributed by atoms with Crippen molar-refractivity contribution in [1.29, 1.82) is 0 Å². The second-order valence-corrected chi connectivity index (χ2v) is 6.34. The molecule has 3 aromatic rings. The molecule has 1 aliphatic heterocycles. The molecule has 1 aliphatic rings. The van der Waals surface area contributed by atoms with Gasteiger partial charge in [0, 0.05) is 32.5 Å². The Morgan fingerprint density at radius 2 is 2.08 bits per heavy atom. The molecule has 0 bridgehead atoms. The number of alkyl halides is 2. The summed E-state index contributed by atoms with van der Waals surface area (Å²) in [6, 6.07) is 11.5. The van der Waals surface area contributed by atoms with Gasteiger partial charge in [0.15, 0.2) is 0 Å². The molecule has 7 heteroatoms. The van der Waals surface area contributed by atoms with Crippen LogP contribution in [-0.2, 0) is 0 Å². The first-order valence-corrected chi connectivity index (χ1v) is 8.29. The number of hydrogen-bond acceptors (Lipinski definition) is 3. The maximum Gasteiger partial charge on any atom is 0.257 e. The second-order valence-electron chi connectivity index (χ2n) is 6.34. The number of benzene rings is 2. The molecule has 1 aromatic heterocycles. The molecular weight excluding hydrogens is 338 g/mol. The van der Waals surface area contributed by atoms with Crippen LogP contribution in [0.2, 0.25) is 0 Å². The summed E-state index contributed by atoms with van der Waals surface area (Å²) in [6.45, 7) is 0.0980. The molecule has 1 atom stereocenters. The number of nitrogens with two attached hydrogens (primary N) is 1. The monoisotopic (exact) mass is 357 g/mol. The lowest BCUT2D eigenvalue weighted by atomic mass is 9.88. The first-order valence-electron chi connectivity index (χ1n) is 8.79. The van der Waals surface area contributed by atoms with Crippen molar-refractivity contribution in [3.8, 4) is 5.69 Å². The number of nitrogens with one attached hydrogen (secondary N) is 1. The molecule has 2 heterocycles. The van der Waals surface area contributed by atoms with Gasteiger partial charge in [-0.05, 0) is 23.8 Å². The van der Waals surface area contributed by atoms with Gasteiger partial charge < -0.3 is 11.1 Å². The summed E-state index contributed by atoms with van der Waals surface area (Å²) in [5.41, 5.74) is 7.07. The van der Waals surface area contributed by atoms with E-state index in [2.05, 4.69) is 10.4 Å². The summed E-state index contributed by atoms with van der Waals surface area (Å²) in [4.78, 5) is 11.6. The average Bonchev–Trinajstić information content (AvgIpc) is 3.08. The predicted molar refractivity (Wildman–Crippen MR) is 94.8 cm³/mol. The minimum atomic E-state index is -3.10. The topological polar surface area (TPSA) is 72.9 Å². The van der Waals surface area contributed by atoms with Gasteiger partial charge in [0.25, 0.3) is 11.8 Å². The van der Waals surface area contributed by atoms with Crippen molar-refractivity contribution in [2.45, 2.75) is 18.2 Å². The molecule has 1 unspecified atom stereocenters. The number of nitrogens with zero attached hydrogens (tertiary/aromatic N) is 2. The summed E-state index contributed by atoms with van der Waals surface area (Å²) >= 11 is 0. The highest BCUT2D eigenvalue weighted by Gasteiger charge is 2.42. The van der Waals surface area contributed by atoms with Gasteiger partial charge in [-0.2, -0.15) is 5.10 Å². The first-order chi connectivity index (χ1) is 12.8. The average molecular weight is 357 g/mol. The third-order valence-corrected chi connectivity index (χ3v) is 4.64. The molecule has 3 N–H and O–H groups in total. The van der Waals surface area contributed by atoms with Crippen molar-refractivity contribution in [3.05, 3.63) is 59.8 Å². The van der Waals surface area contributed by atoms with Crippen molar-refractivity contribution in [1.82, 2.24) is 15.1 Å². The fraction of sp³-hybridized carbons (Fsp3) is 0.263. The highest BCUT2D eigenvalue weighted by Crippen LogP contribution is 2.38. The molecule has 1 saturated heterocycles. The molecule has 134 valence electrons. The lowest BCUT2D eigenvalue weighted by Crippen LogP contribution is -2.42. The maximum absolute atomic E-state index is 14.3. The molecule has 26 heavy (non-hydrogen) atoms. The van der Waals surface area contributed by atoms with Crippen LogP contribution in [0.5, 0.6) is 0 Å². The highest BCUT2D eigenvalue weighted by molar-refractivity contribution is 6.04. The fourth-order valence-corrected chi connectivity index (χ4v) is 3.24. The Kier molecular flexibility index (Phi) is 3.67. The Labute approximate surface area is 150 Å². The smallest absolute Gasteiger partial charge is 0.257 e. The van der Waals surface area contributed by atoms with Gasteiger partial charge in [-0.1, -0.05) is 24.3 Å². The zero-order chi connectivity index (χ0) is 19.2. The van der Waals surface area contributed by atoms with Crippen LogP contribution < -0.4 is 11.1 Å². The van der Waals surface area contributed by atoms with Gasteiger partial charge in [0.2, 0.25) is 0 Å².